The number of methoxy groups -OCH3 is 1. The van der Waals surface area contributed by atoms with Gasteiger partial charge in [0, 0.05) is 12.5 Å². The normalized spacial score (nSPS) is 17.5. The highest BCUT2D eigenvalue weighted by molar-refractivity contribution is 7.92. The second-order valence-electron chi connectivity index (χ2n) is 4.95. The zero-order chi connectivity index (χ0) is 15.7. The van der Waals surface area contributed by atoms with E-state index < -0.39 is 21.1 Å². The third kappa shape index (κ3) is 2.46. The second kappa shape index (κ2) is 5.46. The van der Waals surface area contributed by atoms with Gasteiger partial charge in [0.2, 0.25) is 0 Å². The fraction of sp³-hybridized carbons (Fsp3) is 0.188. The Labute approximate surface area is 128 Å². The first-order valence-corrected chi connectivity index (χ1v) is 8.24. The van der Waals surface area contributed by atoms with E-state index in [9.17, 15) is 13.2 Å². The van der Waals surface area contributed by atoms with Gasteiger partial charge in [-0.3, -0.25) is 4.79 Å². The number of benzene rings is 2. The lowest BCUT2D eigenvalue weighted by Gasteiger charge is -2.23. The quantitative estimate of drug-likeness (QED) is 0.639. The molecular formula is C16H14O5S. The molecule has 3 rings (SSSR count). The van der Waals surface area contributed by atoms with Crippen LogP contribution < -0.4 is 9.47 Å². The topological polar surface area (TPSA) is 69.7 Å². The minimum absolute atomic E-state index is 0.0926. The molecule has 0 saturated heterocycles. The molecule has 2 aromatic rings. The number of ether oxygens (including phenoxy) is 2. The third-order valence-electron chi connectivity index (χ3n) is 3.60. The molecule has 0 aromatic heterocycles. The average Bonchev–Trinajstić information content (AvgIpc) is 2.54. The van der Waals surface area contributed by atoms with E-state index in [0.717, 1.165) is 0 Å². The van der Waals surface area contributed by atoms with Crippen LogP contribution >= 0.6 is 0 Å². The van der Waals surface area contributed by atoms with Gasteiger partial charge in [-0.2, -0.15) is 0 Å². The fourth-order valence-electron chi connectivity index (χ4n) is 2.39. The number of rotatable bonds is 3. The summed E-state index contributed by atoms with van der Waals surface area (Å²) in [6.45, 7) is 0. The monoisotopic (exact) mass is 318 g/mol. The minimum atomic E-state index is -3.78. The molecule has 5 nitrogen and oxygen atoms in total. The van der Waals surface area contributed by atoms with Crippen LogP contribution in [0.2, 0.25) is 0 Å². The Morgan fingerprint density at radius 3 is 2.55 bits per heavy atom. The molecule has 0 radical (unpaired) electrons. The number of esters is 1. The summed E-state index contributed by atoms with van der Waals surface area (Å²) in [5, 5.41) is -1.23. The Balaban J connectivity index is 1.98. The molecule has 2 aromatic carbocycles. The highest BCUT2D eigenvalue weighted by Gasteiger charge is 2.39. The Kier molecular flexibility index (Phi) is 3.62. The van der Waals surface area contributed by atoms with Crippen molar-refractivity contribution in [1.29, 1.82) is 0 Å². The van der Waals surface area contributed by atoms with Crippen LogP contribution in [0.1, 0.15) is 5.56 Å². The lowest BCUT2D eigenvalue weighted by molar-refractivity contribution is -0.134. The first kappa shape index (κ1) is 14.6. The van der Waals surface area contributed by atoms with Crippen molar-refractivity contribution in [2.75, 3.05) is 7.11 Å². The molecule has 1 aliphatic rings. The fourth-order valence-corrected chi connectivity index (χ4v) is 3.96. The summed E-state index contributed by atoms with van der Waals surface area (Å²) >= 11 is 0. The van der Waals surface area contributed by atoms with Crippen LogP contribution in [0.25, 0.3) is 0 Å². The summed E-state index contributed by atoms with van der Waals surface area (Å²) in [5.74, 6) is 0.143. The number of fused-ring (bicyclic) bond motifs is 1. The van der Waals surface area contributed by atoms with Gasteiger partial charge >= 0.3 is 5.97 Å². The maximum absolute atomic E-state index is 12.6. The van der Waals surface area contributed by atoms with Crippen molar-refractivity contribution in [3.8, 4) is 11.5 Å². The number of sulfone groups is 1. The maximum Gasteiger partial charge on any atom is 0.330 e. The Morgan fingerprint density at radius 2 is 1.86 bits per heavy atom. The summed E-state index contributed by atoms with van der Waals surface area (Å²) in [7, 11) is -2.27. The molecule has 0 saturated carbocycles. The van der Waals surface area contributed by atoms with E-state index >= 15 is 0 Å². The van der Waals surface area contributed by atoms with Crippen molar-refractivity contribution in [1.82, 2.24) is 0 Å². The standard InChI is InChI=1S/C16H14O5S/c1-20-12-8-7-11-9-15(16(17)21-14(11)10-12)22(18,19)13-5-3-2-4-6-13/h2-8,10,15H,9H2,1H3/t15-/m0/s1. The lowest BCUT2D eigenvalue weighted by Crippen LogP contribution is -2.39. The van der Waals surface area contributed by atoms with E-state index in [1.54, 1.807) is 36.4 Å². The molecule has 6 heteroatoms. The predicted molar refractivity (Wildman–Crippen MR) is 79.7 cm³/mol. The number of carbonyl (C=O) groups is 1. The first-order valence-electron chi connectivity index (χ1n) is 6.70. The molecule has 0 unspecified atom stereocenters. The largest absolute Gasteiger partial charge is 0.497 e. The predicted octanol–water partition coefficient (Wildman–Crippen LogP) is 2.00. The van der Waals surface area contributed by atoms with Crippen LogP contribution in [0, 0.1) is 0 Å². The van der Waals surface area contributed by atoms with Gasteiger partial charge in [0.25, 0.3) is 0 Å². The van der Waals surface area contributed by atoms with Crippen LogP contribution in [0.5, 0.6) is 11.5 Å². The molecule has 0 fully saturated rings. The zero-order valence-corrected chi connectivity index (χ0v) is 12.7. The van der Waals surface area contributed by atoms with Gasteiger partial charge in [0.05, 0.1) is 12.0 Å². The summed E-state index contributed by atoms with van der Waals surface area (Å²) in [6, 6.07) is 12.9. The maximum atomic E-state index is 12.6. The van der Waals surface area contributed by atoms with Crippen LogP contribution in [0.4, 0.5) is 0 Å². The Bertz CT molecular complexity index is 812. The van der Waals surface area contributed by atoms with Crippen molar-refractivity contribution < 1.29 is 22.7 Å². The Morgan fingerprint density at radius 1 is 1.14 bits per heavy atom. The van der Waals surface area contributed by atoms with Gasteiger partial charge in [-0.1, -0.05) is 24.3 Å². The van der Waals surface area contributed by atoms with Crippen LogP contribution in [-0.2, 0) is 21.1 Å². The smallest absolute Gasteiger partial charge is 0.330 e. The van der Waals surface area contributed by atoms with Crippen molar-refractivity contribution in [3.05, 3.63) is 54.1 Å². The van der Waals surface area contributed by atoms with Crippen LogP contribution in [-0.4, -0.2) is 26.7 Å². The highest BCUT2D eigenvalue weighted by Crippen LogP contribution is 2.33. The molecule has 0 amide bonds. The van der Waals surface area contributed by atoms with Crippen molar-refractivity contribution in [2.24, 2.45) is 0 Å². The summed E-state index contributed by atoms with van der Waals surface area (Å²) in [5.41, 5.74) is 0.671. The molecule has 1 heterocycles. The van der Waals surface area contributed by atoms with E-state index in [-0.39, 0.29) is 11.3 Å². The van der Waals surface area contributed by atoms with Gasteiger partial charge in [0.15, 0.2) is 15.1 Å². The van der Waals surface area contributed by atoms with Gasteiger partial charge < -0.3 is 9.47 Å². The lowest BCUT2D eigenvalue weighted by atomic mass is 10.1. The summed E-state index contributed by atoms with van der Waals surface area (Å²) < 4.78 is 35.5. The van der Waals surface area contributed by atoms with Gasteiger partial charge in [0.1, 0.15) is 11.5 Å². The highest BCUT2D eigenvalue weighted by atomic mass is 32.2. The van der Waals surface area contributed by atoms with E-state index in [2.05, 4.69) is 0 Å². The molecule has 22 heavy (non-hydrogen) atoms. The van der Waals surface area contributed by atoms with Gasteiger partial charge in [-0.15, -0.1) is 0 Å². The Hall–Kier alpha value is -2.34. The van der Waals surface area contributed by atoms with Gasteiger partial charge in [-0.25, -0.2) is 8.42 Å². The SMILES string of the molecule is COc1ccc2c(c1)OC(=O)[C@@H](S(=O)(=O)c1ccccc1)C2. The van der Waals surface area contributed by atoms with E-state index in [1.807, 2.05) is 0 Å². The molecule has 1 atom stereocenters. The van der Waals surface area contributed by atoms with E-state index in [1.165, 1.54) is 19.2 Å². The molecule has 0 spiro atoms. The first-order chi connectivity index (χ1) is 10.5. The van der Waals surface area contributed by atoms with Crippen LogP contribution in [0.15, 0.2) is 53.4 Å². The third-order valence-corrected chi connectivity index (χ3v) is 5.64. The zero-order valence-electron chi connectivity index (χ0n) is 11.9. The average molecular weight is 318 g/mol. The molecule has 0 aliphatic carbocycles. The van der Waals surface area contributed by atoms with Crippen molar-refractivity contribution >= 4 is 15.8 Å². The van der Waals surface area contributed by atoms with E-state index in [0.29, 0.717) is 17.1 Å². The summed E-state index contributed by atoms with van der Waals surface area (Å²) in [4.78, 5) is 12.3. The second-order valence-corrected chi connectivity index (χ2v) is 7.08. The van der Waals surface area contributed by atoms with Gasteiger partial charge in [-0.05, 0) is 23.8 Å². The van der Waals surface area contributed by atoms with E-state index in [4.69, 9.17) is 9.47 Å². The number of hydrogen-bond donors (Lipinski definition) is 0. The molecule has 1 aliphatic heterocycles. The number of hydrogen-bond acceptors (Lipinski definition) is 5. The molecular weight excluding hydrogens is 304 g/mol. The van der Waals surface area contributed by atoms with Crippen LogP contribution in [0.3, 0.4) is 0 Å². The minimum Gasteiger partial charge on any atom is -0.497 e. The molecule has 0 N–H and O–H groups in total. The van der Waals surface area contributed by atoms with Crippen molar-refractivity contribution in [2.45, 2.75) is 16.6 Å². The molecule has 0 bridgehead atoms. The van der Waals surface area contributed by atoms with Crippen molar-refractivity contribution in [3.63, 3.8) is 0 Å². The summed E-state index contributed by atoms with van der Waals surface area (Å²) in [6.07, 6.45) is 0.0926. The number of carbonyl (C=O) groups excluding carboxylic acids is 1. The molecule has 114 valence electrons.